The zero-order valence-corrected chi connectivity index (χ0v) is 8.27. The van der Waals surface area contributed by atoms with Crippen LogP contribution in [-0.2, 0) is 0 Å². The van der Waals surface area contributed by atoms with Crippen molar-refractivity contribution in [2.45, 2.75) is 31.8 Å². The lowest BCUT2D eigenvalue weighted by Crippen LogP contribution is -2.21. The normalized spacial score (nSPS) is 18.2. The van der Waals surface area contributed by atoms with Gasteiger partial charge in [0.2, 0.25) is 0 Å². The second-order valence-corrected chi connectivity index (χ2v) is 4.22. The van der Waals surface area contributed by atoms with Gasteiger partial charge < -0.3 is 0 Å². The second-order valence-electron chi connectivity index (χ2n) is 3.33. The first-order valence-corrected chi connectivity index (χ1v) is 5.25. The zero-order chi connectivity index (χ0) is 9.26. The quantitative estimate of drug-likeness (QED) is 0.795. The molecule has 0 radical (unpaired) electrons. The highest BCUT2D eigenvalue weighted by Crippen LogP contribution is 2.25. The van der Waals surface area contributed by atoms with Gasteiger partial charge in [-0.3, -0.25) is 5.32 Å². The summed E-state index contributed by atoms with van der Waals surface area (Å²) in [5.74, 6) is 0. The van der Waals surface area contributed by atoms with Crippen LogP contribution >= 0.6 is 11.3 Å². The van der Waals surface area contributed by atoms with Crippen molar-refractivity contribution in [3.8, 4) is 6.07 Å². The molecule has 1 aromatic rings. The Morgan fingerprint density at radius 2 is 2.54 bits per heavy atom. The summed E-state index contributed by atoms with van der Waals surface area (Å²) in [6.07, 6.45) is 2.39. The summed E-state index contributed by atoms with van der Waals surface area (Å²) >= 11 is 1.56. The van der Waals surface area contributed by atoms with E-state index in [1.807, 2.05) is 12.3 Å². The lowest BCUT2D eigenvalue weighted by atomic mass is 10.3. The molecular formula is C9H11N3S. The van der Waals surface area contributed by atoms with Crippen LogP contribution in [0.15, 0.2) is 5.38 Å². The van der Waals surface area contributed by atoms with Crippen molar-refractivity contribution in [2.75, 3.05) is 0 Å². The summed E-state index contributed by atoms with van der Waals surface area (Å²) in [5, 5.41) is 15.1. The molecule has 0 amide bonds. The van der Waals surface area contributed by atoms with E-state index in [-0.39, 0.29) is 6.04 Å². The van der Waals surface area contributed by atoms with Crippen molar-refractivity contribution in [1.82, 2.24) is 10.3 Å². The van der Waals surface area contributed by atoms with Gasteiger partial charge in [-0.1, -0.05) is 0 Å². The zero-order valence-electron chi connectivity index (χ0n) is 7.45. The highest BCUT2D eigenvalue weighted by atomic mass is 32.1. The van der Waals surface area contributed by atoms with Gasteiger partial charge in [0.05, 0.1) is 6.07 Å². The van der Waals surface area contributed by atoms with Gasteiger partial charge >= 0.3 is 0 Å². The van der Waals surface area contributed by atoms with E-state index < -0.39 is 0 Å². The lowest BCUT2D eigenvalue weighted by Gasteiger charge is -2.05. The van der Waals surface area contributed by atoms with Gasteiger partial charge in [-0.2, -0.15) is 5.26 Å². The molecule has 1 N–H and O–H groups in total. The third kappa shape index (κ3) is 2.06. The maximum Gasteiger partial charge on any atom is 0.148 e. The van der Waals surface area contributed by atoms with E-state index in [2.05, 4.69) is 16.4 Å². The van der Waals surface area contributed by atoms with Crippen LogP contribution in [0.25, 0.3) is 0 Å². The Morgan fingerprint density at radius 1 is 1.77 bits per heavy atom. The predicted octanol–water partition coefficient (Wildman–Crippen LogP) is 1.77. The third-order valence-corrected chi connectivity index (χ3v) is 3.02. The van der Waals surface area contributed by atoms with E-state index in [1.54, 1.807) is 11.3 Å². The first kappa shape index (κ1) is 8.67. The minimum absolute atomic E-state index is 0.203. The van der Waals surface area contributed by atoms with E-state index in [0.29, 0.717) is 6.04 Å². The van der Waals surface area contributed by atoms with Crippen LogP contribution in [0, 0.1) is 18.3 Å². The largest absolute Gasteiger partial charge is 0.293 e. The number of aryl methyl sites for hydroxylation is 1. The van der Waals surface area contributed by atoms with E-state index in [9.17, 15) is 0 Å². The minimum Gasteiger partial charge on any atom is -0.293 e. The predicted molar refractivity (Wildman–Crippen MR) is 51.4 cm³/mol. The number of nitriles is 1. The molecule has 1 saturated carbocycles. The van der Waals surface area contributed by atoms with Crippen LogP contribution in [0.3, 0.4) is 0 Å². The number of thiazole rings is 1. The molecule has 1 aliphatic carbocycles. The SMILES string of the molecule is Cc1csc(C(C#N)NC2CC2)n1. The Kier molecular flexibility index (Phi) is 2.30. The average Bonchev–Trinajstić information content (AvgIpc) is 2.84. The smallest absolute Gasteiger partial charge is 0.148 e. The Labute approximate surface area is 81.4 Å². The van der Waals surface area contributed by atoms with Gasteiger partial charge in [0.25, 0.3) is 0 Å². The monoisotopic (exact) mass is 193 g/mol. The Bertz CT molecular complexity index is 335. The number of rotatable bonds is 3. The van der Waals surface area contributed by atoms with Crippen LogP contribution in [0.1, 0.15) is 29.6 Å². The molecule has 1 unspecified atom stereocenters. The van der Waals surface area contributed by atoms with Gasteiger partial charge in [-0.15, -0.1) is 11.3 Å². The van der Waals surface area contributed by atoms with Crippen LogP contribution in [-0.4, -0.2) is 11.0 Å². The van der Waals surface area contributed by atoms with Gasteiger partial charge in [0.1, 0.15) is 11.0 Å². The molecule has 1 atom stereocenters. The van der Waals surface area contributed by atoms with Crippen molar-refractivity contribution >= 4 is 11.3 Å². The van der Waals surface area contributed by atoms with Gasteiger partial charge in [-0.05, 0) is 19.8 Å². The summed E-state index contributed by atoms with van der Waals surface area (Å²) in [6, 6.07) is 2.59. The molecule has 4 heteroatoms. The molecule has 0 saturated heterocycles. The maximum atomic E-state index is 8.92. The number of hydrogen-bond donors (Lipinski definition) is 1. The second kappa shape index (κ2) is 3.44. The fraction of sp³-hybridized carbons (Fsp3) is 0.556. The molecule has 1 fully saturated rings. The number of nitrogens with one attached hydrogen (secondary N) is 1. The van der Waals surface area contributed by atoms with Crippen LogP contribution in [0.2, 0.25) is 0 Å². The van der Waals surface area contributed by atoms with E-state index in [0.717, 1.165) is 10.7 Å². The molecule has 0 aromatic carbocycles. The first-order valence-electron chi connectivity index (χ1n) is 4.37. The molecule has 1 aliphatic rings. The van der Waals surface area contributed by atoms with Crippen molar-refractivity contribution in [1.29, 1.82) is 5.26 Å². The highest BCUT2D eigenvalue weighted by Gasteiger charge is 2.26. The molecule has 0 aliphatic heterocycles. The van der Waals surface area contributed by atoms with E-state index >= 15 is 0 Å². The summed E-state index contributed by atoms with van der Waals surface area (Å²) in [6.45, 7) is 1.95. The molecular weight excluding hydrogens is 182 g/mol. The summed E-state index contributed by atoms with van der Waals surface area (Å²) in [5.41, 5.74) is 0.998. The molecule has 1 aromatic heterocycles. The van der Waals surface area contributed by atoms with Gasteiger partial charge in [0, 0.05) is 17.1 Å². The minimum atomic E-state index is -0.203. The van der Waals surface area contributed by atoms with E-state index in [1.165, 1.54) is 12.8 Å². The maximum absolute atomic E-state index is 8.92. The van der Waals surface area contributed by atoms with Crippen LogP contribution < -0.4 is 5.32 Å². The fourth-order valence-electron chi connectivity index (χ4n) is 1.15. The summed E-state index contributed by atoms with van der Waals surface area (Å²) in [7, 11) is 0. The topological polar surface area (TPSA) is 48.7 Å². The average molecular weight is 193 g/mol. The summed E-state index contributed by atoms with van der Waals surface area (Å²) < 4.78 is 0. The summed E-state index contributed by atoms with van der Waals surface area (Å²) in [4.78, 5) is 4.30. The molecule has 0 spiro atoms. The van der Waals surface area contributed by atoms with Crippen LogP contribution in [0.4, 0.5) is 0 Å². The van der Waals surface area contributed by atoms with Gasteiger partial charge in [0.15, 0.2) is 0 Å². The van der Waals surface area contributed by atoms with Crippen LogP contribution in [0.5, 0.6) is 0 Å². The van der Waals surface area contributed by atoms with Crippen molar-refractivity contribution in [3.63, 3.8) is 0 Å². The standard InChI is InChI=1S/C9H11N3S/c1-6-5-13-9(11-6)8(4-10)12-7-2-3-7/h5,7-8,12H,2-3H2,1H3. The van der Waals surface area contributed by atoms with Crippen molar-refractivity contribution < 1.29 is 0 Å². The third-order valence-electron chi connectivity index (χ3n) is 1.99. The fourth-order valence-corrected chi connectivity index (χ4v) is 1.95. The van der Waals surface area contributed by atoms with Crippen molar-refractivity contribution in [2.24, 2.45) is 0 Å². The number of nitrogens with zero attached hydrogens (tertiary/aromatic N) is 2. The van der Waals surface area contributed by atoms with Crippen molar-refractivity contribution in [3.05, 3.63) is 16.1 Å². The molecule has 0 bridgehead atoms. The first-order chi connectivity index (χ1) is 6.29. The number of hydrogen-bond acceptors (Lipinski definition) is 4. The lowest BCUT2D eigenvalue weighted by molar-refractivity contribution is 0.622. The molecule has 2 rings (SSSR count). The molecule has 68 valence electrons. The molecule has 1 heterocycles. The highest BCUT2D eigenvalue weighted by molar-refractivity contribution is 7.09. The Hall–Kier alpha value is -0.920. The van der Waals surface area contributed by atoms with E-state index in [4.69, 9.17) is 5.26 Å². The Morgan fingerprint density at radius 3 is 3.00 bits per heavy atom. The number of aromatic nitrogens is 1. The molecule has 13 heavy (non-hydrogen) atoms. The van der Waals surface area contributed by atoms with Gasteiger partial charge in [-0.25, -0.2) is 4.98 Å². The Balaban J connectivity index is 2.07. The molecule has 3 nitrogen and oxygen atoms in total.